The molecule has 4 aliphatic rings. The fraction of sp³-hybridized carbons (Fsp3) is 1.00. The van der Waals surface area contributed by atoms with E-state index in [-0.39, 0.29) is 0 Å². The Morgan fingerprint density at radius 3 is 2.35 bits per heavy atom. The van der Waals surface area contributed by atoms with Crippen molar-refractivity contribution in [3.63, 3.8) is 0 Å². The van der Waals surface area contributed by atoms with Gasteiger partial charge in [0.15, 0.2) is 0 Å². The molecule has 0 bridgehead atoms. The SMILES string of the molecule is CC[C@H]1CC[C@H]2C3CCC4CC(OC)CC[C@]4(C)C3CCC12C. The van der Waals surface area contributed by atoms with Gasteiger partial charge in [0.25, 0.3) is 0 Å². The molecular weight excluding hydrogens is 280 g/mol. The topological polar surface area (TPSA) is 9.23 Å². The van der Waals surface area contributed by atoms with Gasteiger partial charge < -0.3 is 4.74 Å². The Kier molecular flexibility index (Phi) is 4.11. The zero-order chi connectivity index (χ0) is 16.2. The van der Waals surface area contributed by atoms with Crippen molar-refractivity contribution >= 4 is 0 Å². The highest BCUT2D eigenvalue weighted by Gasteiger charge is 2.59. The molecule has 0 aromatic rings. The van der Waals surface area contributed by atoms with Crippen molar-refractivity contribution in [2.24, 2.45) is 40.4 Å². The van der Waals surface area contributed by atoms with Crippen LogP contribution < -0.4 is 0 Å². The summed E-state index contributed by atoms with van der Waals surface area (Å²) in [5.74, 6) is 5.07. The minimum atomic E-state index is 0.550. The smallest absolute Gasteiger partial charge is 0.0574 e. The van der Waals surface area contributed by atoms with Crippen LogP contribution in [-0.4, -0.2) is 13.2 Å². The monoisotopic (exact) mass is 318 g/mol. The zero-order valence-electron chi connectivity index (χ0n) is 15.9. The summed E-state index contributed by atoms with van der Waals surface area (Å²) in [6.45, 7) is 7.79. The van der Waals surface area contributed by atoms with E-state index in [4.69, 9.17) is 4.74 Å². The number of ether oxygens (including phenoxy) is 1. The van der Waals surface area contributed by atoms with E-state index in [9.17, 15) is 0 Å². The maximum atomic E-state index is 5.74. The van der Waals surface area contributed by atoms with Crippen molar-refractivity contribution in [1.82, 2.24) is 0 Å². The number of hydrogen-bond acceptors (Lipinski definition) is 1. The summed E-state index contributed by atoms with van der Waals surface area (Å²) in [6.07, 6.45) is 15.2. The Balaban J connectivity index is 1.58. The zero-order valence-corrected chi connectivity index (χ0v) is 15.9. The molecule has 0 radical (unpaired) electrons. The highest BCUT2D eigenvalue weighted by Crippen LogP contribution is 2.67. The third-order valence-electron chi connectivity index (χ3n) is 9.64. The molecule has 0 saturated heterocycles. The van der Waals surface area contributed by atoms with Crippen LogP contribution in [-0.2, 0) is 4.74 Å². The van der Waals surface area contributed by atoms with Gasteiger partial charge in [0.05, 0.1) is 6.10 Å². The molecule has 0 aromatic heterocycles. The van der Waals surface area contributed by atoms with Gasteiger partial charge in [-0.05, 0) is 98.2 Å². The van der Waals surface area contributed by atoms with Gasteiger partial charge in [-0.2, -0.15) is 0 Å². The largest absolute Gasteiger partial charge is 0.381 e. The van der Waals surface area contributed by atoms with Gasteiger partial charge in [0.2, 0.25) is 0 Å². The van der Waals surface area contributed by atoms with Crippen LogP contribution in [0.2, 0.25) is 0 Å². The number of methoxy groups -OCH3 is 1. The van der Waals surface area contributed by atoms with Crippen molar-refractivity contribution in [1.29, 1.82) is 0 Å². The van der Waals surface area contributed by atoms with Crippen LogP contribution in [0.15, 0.2) is 0 Å². The first-order valence-electron chi connectivity index (χ1n) is 10.6. The van der Waals surface area contributed by atoms with Crippen LogP contribution in [0.4, 0.5) is 0 Å². The van der Waals surface area contributed by atoms with Crippen molar-refractivity contribution < 1.29 is 4.74 Å². The predicted octanol–water partition coefficient (Wildman–Crippen LogP) is 6.07. The molecule has 0 aliphatic heterocycles. The van der Waals surface area contributed by atoms with E-state index < -0.39 is 0 Å². The van der Waals surface area contributed by atoms with Gasteiger partial charge in [-0.3, -0.25) is 0 Å². The minimum Gasteiger partial charge on any atom is -0.381 e. The Labute approximate surface area is 143 Å². The van der Waals surface area contributed by atoms with Gasteiger partial charge in [-0.25, -0.2) is 0 Å². The predicted molar refractivity (Wildman–Crippen MR) is 96.3 cm³/mol. The lowest BCUT2D eigenvalue weighted by Crippen LogP contribution is -2.54. The minimum absolute atomic E-state index is 0.550. The molecule has 4 fully saturated rings. The lowest BCUT2D eigenvalue weighted by atomic mass is 9.44. The maximum Gasteiger partial charge on any atom is 0.0574 e. The summed E-state index contributed by atoms with van der Waals surface area (Å²) in [5, 5.41) is 0. The van der Waals surface area contributed by atoms with Crippen LogP contribution in [0.1, 0.15) is 85.0 Å². The molecule has 8 atom stereocenters. The van der Waals surface area contributed by atoms with Gasteiger partial charge in [0, 0.05) is 7.11 Å². The van der Waals surface area contributed by atoms with E-state index >= 15 is 0 Å². The summed E-state index contributed by atoms with van der Waals surface area (Å²) in [7, 11) is 1.93. The number of fused-ring (bicyclic) bond motifs is 5. The quantitative estimate of drug-likeness (QED) is 0.600. The fourth-order valence-corrected chi connectivity index (χ4v) is 8.21. The summed E-state index contributed by atoms with van der Waals surface area (Å²) in [5.41, 5.74) is 1.31. The van der Waals surface area contributed by atoms with Crippen molar-refractivity contribution in [3.8, 4) is 0 Å². The second-order valence-electron chi connectivity index (χ2n) is 10.0. The van der Waals surface area contributed by atoms with E-state index in [1.807, 2.05) is 7.11 Å². The third kappa shape index (κ3) is 2.28. The van der Waals surface area contributed by atoms with Gasteiger partial charge in [0.1, 0.15) is 0 Å². The molecular formula is C22H38O. The Morgan fingerprint density at radius 2 is 1.61 bits per heavy atom. The van der Waals surface area contributed by atoms with E-state index in [2.05, 4.69) is 20.8 Å². The van der Waals surface area contributed by atoms with Crippen LogP contribution in [0.3, 0.4) is 0 Å². The van der Waals surface area contributed by atoms with Crippen molar-refractivity contribution in [2.45, 2.75) is 91.1 Å². The Morgan fingerprint density at radius 1 is 0.870 bits per heavy atom. The van der Waals surface area contributed by atoms with E-state index in [1.165, 1.54) is 64.2 Å². The van der Waals surface area contributed by atoms with Gasteiger partial charge in [-0.15, -0.1) is 0 Å². The third-order valence-corrected chi connectivity index (χ3v) is 9.64. The molecule has 5 unspecified atom stereocenters. The molecule has 1 nitrogen and oxygen atoms in total. The molecule has 0 heterocycles. The molecule has 0 spiro atoms. The molecule has 0 aromatic carbocycles. The average molecular weight is 319 g/mol. The Hall–Kier alpha value is -0.0400. The molecule has 23 heavy (non-hydrogen) atoms. The Bertz CT molecular complexity index is 445. The average Bonchev–Trinajstić information content (AvgIpc) is 2.90. The van der Waals surface area contributed by atoms with Gasteiger partial charge in [-0.1, -0.05) is 27.2 Å². The van der Waals surface area contributed by atoms with Crippen molar-refractivity contribution in [2.75, 3.05) is 7.11 Å². The van der Waals surface area contributed by atoms with Crippen LogP contribution in [0, 0.1) is 40.4 Å². The maximum absolute atomic E-state index is 5.74. The lowest BCUT2D eigenvalue weighted by molar-refractivity contribution is -0.130. The summed E-state index contributed by atoms with van der Waals surface area (Å²) < 4.78 is 5.74. The highest BCUT2D eigenvalue weighted by atomic mass is 16.5. The van der Waals surface area contributed by atoms with Crippen LogP contribution >= 0.6 is 0 Å². The standard InChI is InChI=1S/C22H38O/c1-5-15-7-9-19-18-8-6-16-14-17(23-4)10-12-22(16,3)20(18)11-13-21(15,19)2/h15-20H,5-14H2,1-4H3/t15-,16?,17?,18?,19-,20?,21?,22-/m0/s1. The van der Waals surface area contributed by atoms with E-state index in [0.717, 1.165) is 29.6 Å². The first kappa shape index (κ1) is 16.4. The summed E-state index contributed by atoms with van der Waals surface area (Å²) in [6, 6.07) is 0. The lowest BCUT2D eigenvalue weighted by Gasteiger charge is -2.61. The van der Waals surface area contributed by atoms with Crippen LogP contribution in [0.5, 0.6) is 0 Å². The fourth-order valence-electron chi connectivity index (χ4n) is 8.21. The second kappa shape index (κ2) is 5.75. The van der Waals surface area contributed by atoms with Crippen molar-refractivity contribution in [3.05, 3.63) is 0 Å². The number of hydrogen-bond donors (Lipinski definition) is 0. The first-order chi connectivity index (χ1) is 11.0. The normalized spacial score (nSPS) is 55.8. The second-order valence-corrected chi connectivity index (χ2v) is 10.0. The summed E-state index contributed by atoms with van der Waals surface area (Å²) in [4.78, 5) is 0. The molecule has 4 aliphatic carbocycles. The number of rotatable bonds is 2. The van der Waals surface area contributed by atoms with Gasteiger partial charge >= 0.3 is 0 Å². The molecule has 132 valence electrons. The molecule has 0 amide bonds. The highest BCUT2D eigenvalue weighted by molar-refractivity contribution is 5.09. The molecule has 1 heteroatoms. The van der Waals surface area contributed by atoms with E-state index in [1.54, 1.807) is 0 Å². The van der Waals surface area contributed by atoms with Crippen LogP contribution in [0.25, 0.3) is 0 Å². The first-order valence-corrected chi connectivity index (χ1v) is 10.6. The van der Waals surface area contributed by atoms with E-state index in [0.29, 0.717) is 16.9 Å². The molecule has 0 N–H and O–H groups in total. The summed E-state index contributed by atoms with van der Waals surface area (Å²) >= 11 is 0. The molecule has 4 saturated carbocycles. The molecule has 4 rings (SSSR count).